The first-order valence-corrected chi connectivity index (χ1v) is 15.1. The number of halogens is 2. The molecule has 0 saturated carbocycles. The van der Waals surface area contributed by atoms with Crippen molar-refractivity contribution >= 4 is 64.1 Å². The number of benzene rings is 3. The molecule has 0 atom stereocenters. The van der Waals surface area contributed by atoms with E-state index in [2.05, 4.69) is 37.5 Å². The molecule has 2 nitrogen and oxygen atoms in total. The average Bonchev–Trinajstić information content (AvgIpc) is 2.58. The first-order valence-electron chi connectivity index (χ1n) is 7.96. The van der Waals surface area contributed by atoms with E-state index in [0.29, 0.717) is 5.56 Å². The molecule has 0 spiro atoms. The highest BCUT2D eigenvalue weighted by Crippen LogP contribution is 2.28. The van der Waals surface area contributed by atoms with Gasteiger partial charge in [0.2, 0.25) is 0 Å². The van der Waals surface area contributed by atoms with E-state index in [-0.39, 0.29) is 0 Å². The molecule has 0 aromatic heterocycles. The van der Waals surface area contributed by atoms with E-state index >= 15 is 0 Å². The number of unbranched alkanes of at least 4 members (excludes halogenated alkanes) is 1. The van der Waals surface area contributed by atoms with Crippen LogP contribution in [0.25, 0.3) is 21.5 Å². The predicted octanol–water partition coefficient (Wildman–Crippen LogP) is 6.49. The molecule has 1 N–H and O–H groups in total. The third-order valence-corrected chi connectivity index (χ3v) is 7.35. The second kappa shape index (κ2) is 9.35. The molecule has 3 rings (SSSR count). The fourth-order valence-corrected chi connectivity index (χ4v) is 5.26. The van der Waals surface area contributed by atoms with Gasteiger partial charge in [-0.25, -0.2) is 4.79 Å². The van der Waals surface area contributed by atoms with Crippen LogP contribution in [-0.2, 0) is 0 Å². The number of carboxylic acid groups (broad SMARTS) is 1. The number of rotatable bonds is 4. The zero-order valence-electron chi connectivity index (χ0n) is 13.5. The Morgan fingerprint density at radius 2 is 1.50 bits per heavy atom. The zero-order valence-corrected chi connectivity index (χ0v) is 17.8. The molecule has 126 valence electrons. The van der Waals surface area contributed by atoms with Crippen LogP contribution in [0, 0.1) is 0 Å². The average molecular weight is 468 g/mol. The molecule has 0 unspecified atom stereocenters. The fraction of sp³-hybridized carbons (Fsp3) is 0.211. The molecule has 0 heterocycles. The molecule has 0 fully saturated rings. The highest BCUT2D eigenvalue weighted by molar-refractivity contribution is 9.49. The summed E-state index contributed by atoms with van der Waals surface area (Å²) in [5.74, 6) is -0.877. The van der Waals surface area contributed by atoms with Gasteiger partial charge < -0.3 is 5.11 Å². The first-order chi connectivity index (χ1) is 11.5. The second-order valence-corrected chi connectivity index (χ2v) is 17.2. The van der Waals surface area contributed by atoms with Crippen LogP contribution in [0.3, 0.4) is 0 Å². The van der Waals surface area contributed by atoms with Gasteiger partial charge in [-0.05, 0) is 33.7 Å². The number of aromatic carboxylic acids is 1. The summed E-state index contributed by atoms with van der Waals surface area (Å²) in [6, 6.07) is 18.0. The van der Waals surface area contributed by atoms with Crippen molar-refractivity contribution in [2.45, 2.75) is 25.8 Å². The molecule has 0 aliphatic carbocycles. The number of carboxylic acids is 1. The van der Waals surface area contributed by atoms with Crippen LogP contribution < -0.4 is 0 Å². The lowest BCUT2D eigenvalue weighted by Gasteiger charge is -2.07. The molecule has 0 amide bonds. The van der Waals surface area contributed by atoms with Gasteiger partial charge in [0.05, 0.1) is 5.56 Å². The lowest BCUT2D eigenvalue weighted by Crippen LogP contribution is -1.99. The van der Waals surface area contributed by atoms with Crippen molar-refractivity contribution in [1.29, 1.82) is 0 Å². The second-order valence-electron chi connectivity index (χ2n) is 5.53. The van der Waals surface area contributed by atoms with E-state index in [1.54, 1.807) is 0 Å². The Labute approximate surface area is 159 Å². The maximum absolute atomic E-state index is 11.4. The van der Waals surface area contributed by atoms with Gasteiger partial charge in [0.1, 0.15) is 0 Å². The Kier molecular flexibility index (Phi) is 7.46. The van der Waals surface area contributed by atoms with Crippen LogP contribution >= 0.6 is 30.6 Å². The van der Waals surface area contributed by atoms with Crippen LogP contribution in [0.4, 0.5) is 0 Å². The fourth-order valence-electron chi connectivity index (χ4n) is 2.60. The van der Waals surface area contributed by atoms with E-state index in [1.807, 2.05) is 54.6 Å². The summed E-state index contributed by atoms with van der Waals surface area (Å²) in [4.78, 5) is 11.4. The monoisotopic (exact) mass is 466 g/mol. The molecular weight excluding hydrogens is 448 g/mol. The topological polar surface area (TPSA) is 37.3 Å². The van der Waals surface area contributed by atoms with Crippen molar-refractivity contribution < 1.29 is 9.90 Å². The molecule has 5 heteroatoms. The van der Waals surface area contributed by atoms with Gasteiger partial charge in [-0.2, -0.15) is 0 Å². The van der Waals surface area contributed by atoms with Gasteiger partial charge in [0.15, 0.2) is 6.04 Å². The van der Waals surface area contributed by atoms with Crippen molar-refractivity contribution in [3.8, 4) is 0 Å². The van der Waals surface area contributed by atoms with Gasteiger partial charge in [-0.3, -0.25) is 0 Å². The van der Waals surface area contributed by atoms with Crippen molar-refractivity contribution in [2.24, 2.45) is 0 Å². The summed E-state index contributed by atoms with van der Waals surface area (Å²) in [5, 5.41) is 12.9. The van der Waals surface area contributed by atoms with Gasteiger partial charge in [-0.15, -0.1) is 30.6 Å². The molecule has 0 aliphatic rings. The first kappa shape index (κ1) is 19.2. The number of fused-ring (bicyclic) bond motifs is 2. The lowest BCUT2D eigenvalue weighted by molar-refractivity contribution is 0.0701. The van der Waals surface area contributed by atoms with E-state index in [0.717, 1.165) is 21.5 Å². The third kappa shape index (κ3) is 4.91. The molecule has 24 heavy (non-hydrogen) atoms. The highest BCUT2D eigenvalue weighted by atomic mass is 79.9. The minimum atomic E-state index is -0.877. The van der Waals surface area contributed by atoms with Crippen molar-refractivity contribution in [2.75, 3.05) is 0 Å². The largest absolute Gasteiger partial charge is 0.478 e. The summed E-state index contributed by atoms with van der Waals surface area (Å²) >= 11 is 7.06. The van der Waals surface area contributed by atoms with Crippen LogP contribution in [0.15, 0.2) is 54.6 Å². The predicted molar refractivity (Wildman–Crippen MR) is 113 cm³/mol. The Bertz CT molecular complexity index is 780. The molecule has 0 radical (unpaired) electrons. The van der Waals surface area contributed by atoms with Crippen molar-refractivity contribution in [3.05, 3.63) is 60.2 Å². The van der Waals surface area contributed by atoms with E-state index < -0.39 is 12.0 Å². The van der Waals surface area contributed by atoms with Crippen molar-refractivity contribution in [3.63, 3.8) is 0 Å². The minimum Gasteiger partial charge on any atom is -0.478 e. The van der Waals surface area contributed by atoms with Crippen LogP contribution in [0.1, 0.15) is 30.1 Å². The smallest absolute Gasteiger partial charge is 0.336 e. The van der Waals surface area contributed by atoms with Gasteiger partial charge in [0, 0.05) is 0 Å². The van der Waals surface area contributed by atoms with Gasteiger partial charge in [0.25, 0.3) is 0 Å². The van der Waals surface area contributed by atoms with Gasteiger partial charge >= 0.3 is 5.97 Å². The van der Waals surface area contributed by atoms with E-state index in [9.17, 15) is 9.90 Å². The summed E-state index contributed by atoms with van der Waals surface area (Å²) in [6.45, 7) is 2.22. The molecular formula is C19H20Br2O2Si. The summed E-state index contributed by atoms with van der Waals surface area (Å²) in [7, 11) is 0. The summed E-state index contributed by atoms with van der Waals surface area (Å²) < 4.78 is 0. The van der Waals surface area contributed by atoms with E-state index in [4.69, 9.17) is 0 Å². The Balaban J connectivity index is 0.000000256. The maximum Gasteiger partial charge on any atom is 0.336 e. The lowest BCUT2D eigenvalue weighted by atomic mass is 9.97. The summed E-state index contributed by atoms with van der Waals surface area (Å²) in [6.07, 6.45) is 2.69. The van der Waals surface area contributed by atoms with Crippen molar-refractivity contribution in [1.82, 2.24) is 0 Å². The van der Waals surface area contributed by atoms with E-state index in [1.165, 1.54) is 18.9 Å². The van der Waals surface area contributed by atoms with Crippen LogP contribution in [-0.4, -0.2) is 17.1 Å². The Morgan fingerprint density at radius 1 is 1.00 bits per heavy atom. The molecule has 3 aromatic rings. The molecule has 0 saturated heterocycles. The molecule has 3 aromatic carbocycles. The highest BCUT2D eigenvalue weighted by Gasteiger charge is 2.12. The summed E-state index contributed by atoms with van der Waals surface area (Å²) in [5.41, 5.74) is 0.388. The van der Waals surface area contributed by atoms with Crippen LogP contribution in [0.2, 0.25) is 6.04 Å². The zero-order chi connectivity index (χ0) is 17.5. The number of carbonyl (C=O) groups is 1. The SMILES string of the molecule is CCCC[SiH](Br)Br.O=C(O)c1c2ccccc2cc2ccccc12. The quantitative estimate of drug-likeness (QED) is 0.270. The third-order valence-electron chi connectivity index (χ3n) is 3.76. The van der Waals surface area contributed by atoms with Gasteiger partial charge in [-0.1, -0.05) is 68.3 Å². The Hall–Kier alpha value is -1.17. The normalized spacial score (nSPS) is 10.7. The minimum absolute atomic E-state index is 0.388. The standard InChI is InChI=1S/C15H10O2.C4H10Br2Si/c16-15(17)14-12-7-3-1-5-10(12)9-11-6-2-4-8-13(11)14;1-2-3-4-7(5)6/h1-9H,(H,16,17);7H,2-4H2,1H3. The number of hydrogen-bond acceptors (Lipinski definition) is 1. The Morgan fingerprint density at radius 3 is 1.88 bits per heavy atom. The maximum atomic E-state index is 11.4. The van der Waals surface area contributed by atoms with Crippen LogP contribution in [0.5, 0.6) is 0 Å². The molecule has 0 aliphatic heterocycles. The molecule has 0 bridgehead atoms. The number of hydrogen-bond donors (Lipinski definition) is 1.